The molecule has 96 valence electrons. The van der Waals surface area contributed by atoms with Gasteiger partial charge in [0.1, 0.15) is 0 Å². The third-order valence-electron chi connectivity index (χ3n) is 2.72. The van der Waals surface area contributed by atoms with Crippen LogP contribution in [0.3, 0.4) is 0 Å². The first kappa shape index (κ1) is 13.3. The fraction of sp³-hybridized carbons (Fsp3) is 0.357. The van der Waals surface area contributed by atoms with E-state index < -0.39 is 0 Å². The molecule has 18 heavy (non-hydrogen) atoms. The Morgan fingerprint density at radius 3 is 2.83 bits per heavy atom. The van der Waals surface area contributed by atoms with Crippen LogP contribution in [-0.4, -0.2) is 46.0 Å². The predicted molar refractivity (Wildman–Crippen MR) is 74.5 cm³/mol. The maximum atomic E-state index is 11.0. The van der Waals surface area contributed by atoms with E-state index in [0.29, 0.717) is 20.3 Å². The van der Waals surface area contributed by atoms with E-state index in [1.54, 1.807) is 0 Å². The van der Waals surface area contributed by atoms with Crippen molar-refractivity contribution >= 4 is 30.1 Å². The summed E-state index contributed by atoms with van der Waals surface area (Å²) in [5, 5.41) is 1.26. The average molecular weight is 310 g/mol. The number of likely N-dealkylation sites (N-methyl/N-ethyl adjacent to an activating group) is 1. The van der Waals surface area contributed by atoms with Crippen molar-refractivity contribution in [3.8, 4) is 5.75 Å². The number of hydrogen-bond donors (Lipinski definition) is 0. The van der Waals surface area contributed by atoms with Crippen LogP contribution < -0.4 is 4.74 Å². The summed E-state index contributed by atoms with van der Waals surface area (Å²) in [5.74, 6) is 0.381. The van der Waals surface area contributed by atoms with E-state index >= 15 is 0 Å². The first-order valence-electron chi connectivity index (χ1n) is 5.89. The molecule has 3 nitrogen and oxygen atoms in total. The molecule has 0 aliphatic carbocycles. The van der Waals surface area contributed by atoms with Crippen molar-refractivity contribution in [1.29, 1.82) is 0 Å². The van der Waals surface area contributed by atoms with Gasteiger partial charge in [-0.2, -0.15) is 0 Å². The molecule has 0 saturated heterocycles. The Balaban J connectivity index is 2.28. The fourth-order valence-corrected chi connectivity index (χ4v) is 3.88. The summed E-state index contributed by atoms with van der Waals surface area (Å²) < 4.78 is 6.53. The molecule has 4 heteroatoms. The van der Waals surface area contributed by atoms with Gasteiger partial charge < -0.3 is 0 Å². The van der Waals surface area contributed by atoms with Crippen molar-refractivity contribution in [2.24, 2.45) is 0 Å². The molecule has 0 unspecified atom stereocenters. The Labute approximate surface area is 113 Å². The van der Waals surface area contributed by atoms with Crippen molar-refractivity contribution in [2.75, 3.05) is 20.6 Å². The Morgan fingerprint density at radius 1 is 1.39 bits per heavy atom. The molecule has 0 aliphatic rings. The van der Waals surface area contributed by atoms with Gasteiger partial charge in [-0.15, -0.1) is 0 Å². The molecule has 0 bridgehead atoms. The van der Waals surface area contributed by atoms with Crippen molar-refractivity contribution in [1.82, 2.24) is 4.90 Å². The SMILES string of the molecule is CC(=O)Oc1ccc2[se]cc(CCN(C)C)c2c1. The molecule has 1 heterocycles. The Bertz CT molecular complexity index is 560. The molecule has 0 fully saturated rings. The average Bonchev–Trinajstić information content (AvgIpc) is 2.68. The molecule has 2 rings (SSSR count). The number of ether oxygens (including phenoxy) is 1. The van der Waals surface area contributed by atoms with Gasteiger partial charge in [0, 0.05) is 0 Å². The van der Waals surface area contributed by atoms with E-state index in [1.807, 2.05) is 12.1 Å². The first-order valence-corrected chi connectivity index (χ1v) is 7.74. The maximum absolute atomic E-state index is 11.0. The van der Waals surface area contributed by atoms with Gasteiger partial charge >= 0.3 is 113 Å². The molecule has 1 aromatic carbocycles. The van der Waals surface area contributed by atoms with Gasteiger partial charge in [0.25, 0.3) is 0 Å². The number of esters is 1. The zero-order valence-electron chi connectivity index (χ0n) is 10.9. The first-order chi connectivity index (χ1) is 8.56. The molecule has 0 amide bonds. The standard InChI is InChI=1S/C14H17NO2Se/c1-10(16)17-12-4-5-14-13(8-12)11(9-18-14)6-7-15(2)3/h4-5,8-9H,6-7H2,1-3H3. The zero-order chi connectivity index (χ0) is 13.1. The van der Waals surface area contributed by atoms with E-state index in [9.17, 15) is 4.79 Å². The van der Waals surface area contributed by atoms with E-state index in [1.165, 1.54) is 22.1 Å². The van der Waals surface area contributed by atoms with Gasteiger partial charge in [-0.05, 0) is 0 Å². The number of hydrogen-bond acceptors (Lipinski definition) is 3. The van der Waals surface area contributed by atoms with Crippen molar-refractivity contribution in [2.45, 2.75) is 13.3 Å². The van der Waals surface area contributed by atoms with Gasteiger partial charge in [0.2, 0.25) is 0 Å². The second-order valence-corrected chi connectivity index (χ2v) is 6.48. The van der Waals surface area contributed by atoms with E-state index in [0.717, 1.165) is 13.0 Å². The topological polar surface area (TPSA) is 29.5 Å². The molecular weight excluding hydrogens is 293 g/mol. The normalized spacial score (nSPS) is 11.1. The summed E-state index contributed by atoms with van der Waals surface area (Å²) in [7, 11) is 4.16. The van der Waals surface area contributed by atoms with Crippen molar-refractivity contribution < 1.29 is 9.53 Å². The van der Waals surface area contributed by atoms with Crippen LogP contribution in [0, 0.1) is 0 Å². The number of benzene rings is 1. The van der Waals surface area contributed by atoms with Gasteiger partial charge in [-0.25, -0.2) is 0 Å². The van der Waals surface area contributed by atoms with Crippen LogP contribution >= 0.6 is 0 Å². The van der Waals surface area contributed by atoms with Crippen LogP contribution in [0.1, 0.15) is 12.5 Å². The van der Waals surface area contributed by atoms with E-state index in [4.69, 9.17) is 4.74 Å². The summed E-state index contributed by atoms with van der Waals surface area (Å²) in [6.45, 7) is 2.47. The molecule has 0 saturated carbocycles. The monoisotopic (exact) mass is 311 g/mol. The zero-order valence-corrected chi connectivity index (χ0v) is 12.6. The van der Waals surface area contributed by atoms with Crippen molar-refractivity contribution in [3.63, 3.8) is 0 Å². The number of carbonyl (C=O) groups is 1. The molecule has 0 atom stereocenters. The molecule has 0 spiro atoms. The minimum atomic E-state index is -0.266. The van der Waals surface area contributed by atoms with E-state index in [2.05, 4.69) is 30.0 Å². The molecule has 0 aliphatic heterocycles. The summed E-state index contributed by atoms with van der Waals surface area (Å²) in [6.07, 6.45) is 1.05. The van der Waals surface area contributed by atoms with Gasteiger partial charge in [0.05, 0.1) is 0 Å². The minimum absolute atomic E-state index is 0.266. The van der Waals surface area contributed by atoms with Crippen LogP contribution in [0.5, 0.6) is 5.75 Å². The molecule has 2 aromatic rings. The third-order valence-corrected chi connectivity index (χ3v) is 4.84. The summed E-state index contributed by atoms with van der Waals surface area (Å²) in [6, 6.07) is 5.95. The van der Waals surface area contributed by atoms with Crippen LogP contribution in [-0.2, 0) is 11.2 Å². The molecule has 0 N–H and O–H groups in total. The van der Waals surface area contributed by atoms with Gasteiger partial charge in [0.15, 0.2) is 0 Å². The van der Waals surface area contributed by atoms with E-state index in [-0.39, 0.29) is 5.97 Å². The van der Waals surface area contributed by atoms with Gasteiger partial charge in [-0.3, -0.25) is 0 Å². The number of rotatable bonds is 4. The summed E-state index contributed by atoms with van der Waals surface area (Å²) in [4.78, 5) is 15.5. The molecular formula is C14H17NO2Se. The number of fused-ring (bicyclic) bond motifs is 1. The Kier molecular flexibility index (Phi) is 4.23. The molecule has 1 aromatic heterocycles. The summed E-state index contributed by atoms with van der Waals surface area (Å²) >= 11 is 0.422. The van der Waals surface area contributed by atoms with Gasteiger partial charge in [-0.1, -0.05) is 0 Å². The number of nitrogens with zero attached hydrogens (tertiary/aromatic N) is 1. The fourth-order valence-electron chi connectivity index (χ4n) is 1.83. The van der Waals surface area contributed by atoms with Crippen LogP contribution in [0.25, 0.3) is 9.65 Å². The molecule has 0 radical (unpaired) electrons. The Morgan fingerprint density at radius 2 is 2.17 bits per heavy atom. The second-order valence-electron chi connectivity index (χ2n) is 4.57. The predicted octanol–water partition coefficient (Wildman–Crippen LogP) is 1.93. The van der Waals surface area contributed by atoms with Crippen LogP contribution in [0.2, 0.25) is 0 Å². The quantitative estimate of drug-likeness (QED) is 0.491. The van der Waals surface area contributed by atoms with Crippen LogP contribution in [0.4, 0.5) is 0 Å². The number of carbonyl (C=O) groups excluding carboxylic acids is 1. The summed E-state index contributed by atoms with van der Waals surface area (Å²) in [5.41, 5.74) is 1.38. The van der Waals surface area contributed by atoms with Crippen molar-refractivity contribution in [3.05, 3.63) is 28.7 Å². The van der Waals surface area contributed by atoms with Crippen LogP contribution in [0.15, 0.2) is 23.1 Å². The Hall–Kier alpha value is -1.09. The second kappa shape index (κ2) is 5.70. The third kappa shape index (κ3) is 3.22.